The van der Waals surface area contributed by atoms with Gasteiger partial charge in [0.05, 0.1) is 28.6 Å². The van der Waals surface area contributed by atoms with E-state index in [1.54, 1.807) is 6.20 Å². The first-order valence-electron chi connectivity index (χ1n) is 7.79. The number of hydrogen-bond donors (Lipinski definition) is 2. The Balaban J connectivity index is 1.73. The maximum atomic E-state index is 13.8. The zero-order valence-electron chi connectivity index (χ0n) is 13.9. The average molecular weight is 350 g/mol. The van der Waals surface area contributed by atoms with E-state index in [9.17, 15) is 14.0 Å². The molecular formula is C19H15FN4O2. The summed E-state index contributed by atoms with van der Waals surface area (Å²) in [4.78, 5) is 31.7. The van der Waals surface area contributed by atoms with Gasteiger partial charge in [0.2, 0.25) is 11.8 Å². The SMILES string of the molecule is CC(=O)Nc1ccc(F)c(NC(=O)/C=C/c2cnc3ccccc3n2)c1. The van der Waals surface area contributed by atoms with Crippen LogP contribution in [-0.4, -0.2) is 21.8 Å². The highest BCUT2D eigenvalue weighted by Gasteiger charge is 2.07. The molecule has 26 heavy (non-hydrogen) atoms. The van der Waals surface area contributed by atoms with Crippen molar-refractivity contribution < 1.29 is 14.0 Å². The molecule has 1 aromatic heterocycles. The summed E-state index contributed by atoms with van der Waals surface area (Å²) >= 11 is 0. The molecule has 0 atom stereocenters. The topological polar surface area (TPSA) is 84.0 Å². The summed E-state index contributed by atoms with van der Waals surface area (Å²) < 4.78 is 13.8. The zero-order chi connectivity index (χ0) is 18.5. The second kappa shape index (κ2) is 7.52. The van der Waals surface area contributed by atoms with Crippen molar-refractivity contribution in [1.82, 2.24) is 9.97 Å². The molecule has 0 aliphatic rings. The number of nitrogens with one attached hydrogen (secondary N) is 2. The van der Waals surface area contributed by atoms with Crippen LogP contribution in [0.15, 0.2) is 54.7 Å². The minimum absolute atomic E-state index is 0.0319. The highest BCUT2D eigenvalue weighted by Crippen LogP contribution is 2.19. The van der Waals surface area contributed by atoms with Crippen LogP contribution in [0, 0.1) is 5.82 Å². The molecule has 3 aromatic rings. The van der Waals surface area contributed by atoms with Gasteiger partial charge in [0.1, 0.15) is 5.82 Å². The van der Waals surface area contributed by atoms with Crippen molar-refractivity contribution in [2.45, 2.75) is 6.92 Å². The molecule has 0 saturated heterocycles. The number of hydrogen-bond acceptors (Lipinski definition) is 4. The van der Waals surface area contributed by atoms with Gasteiger partial charge in [-0.1, -0.05) is 12.1 Å². The lowest BCUT2D eigenvalue weighted by molar-refractivity contribution is -0.114. The van der Waals surface area contributed by atoms with E-state index in [1.165, 1.54) is 37.3 Å². The first-order valence-corrected chi connectivity index (χ1v) is 7.79. The zero-order valence-corrected chi connectivity index (χ0v) is 13.9. The minimum atomic E-state index is -0.605. The normalized spacial score (nSPS) is 10.8. The van der Waals surface area contributed by atoms with E-state index in [2.05, 4.69) is 20.6 Å². The van der Waals surface area contributed by atoms with Crippen molar-refractivity contribution in [3.63, 3.8) is 0 Å². The molecular weight excluding hydrogens is 335 g/mol. The predicted molar refractivity (Wildman–Crippen MR) is 97.9 cm³/mol. The highest BCUT2D eigenvalue weighted by atomic mass is 19.1. The van der Waals surface area contributed by atoms with Gasteiger partial charge in [-0.25, -0.2) is 9.37 Å². The highest BCUT2D eigenvalue weighted by molar-refractivity contribution is 6.02. The second-order valence-corrected chi connectivity index (χ2v) is 5.48. The standard InChI is InChI=1S/C19H15FN4O2/c1-12(25)22-13-6-8-15(20)18(10-13)24-19(26)9-7-14-11-21-16-4-2-3-5-17(16)23-14/h2-11H,1H3,(H,22,25)(H,24,26)/b9-7+. The third kappa shape index (κ3) is 4.27. The quantitative estimate of drug-likeness (QED) is 0.707. The summed E-state index contributed by atoms with van der Waals surface area (Å²) in [5.41, 5.74) is 2.33. The van der Waals surface area contributed by atoms with Crippen LogP contribution >= 0.6 is 0 Å². The van der Waals surface area contributed by atoms with E-state index in [0.29, 0.717) is 16.9 Å². The summed E-state index contributed by atoms with van der Waals surface area (Å²) in [6.07, 6.45) is 4.28. The van der Waals surface area contributed by atoms with E-state index >= 15 is 0 Å². The molecule has 2 aromatic carbocycles. The van der Waals surface area contributed by atoms with Crippen LogP contribution in [0.5, 0.6) is 0 Å². The Morgan fingerprint density at radius 1 is 1.08 bits per heavy atom. The number of aromatic nitrogens is 2. The molecule has 0 spiro atoms. The average Bonchev–Trinajstić information content (AvgIpc) is 2.62. The third-order valence-corrected chi connectivity index (χ3v) is 3.42. The number of carbonyl (C=O) groups excluding carboxylic acids is 2. The minimum Gasteiger partial charge on any atom is -0.326 e. The molecule has 2 N–H and O–H groups in total. The summed E-state index contributed by atoms with van der Waals surface area (Å²) in [6, 6.07) is 11.3. The predicted octanol–water partition coefficient (Wildman–Crippen LogP) is 3.38. The fourth-order valence-corrected chi connectivity index (χ4v) is 2.29. The van der Waals surface area contributed by atoms with E-state index in [1.807, 2.05) is 24.3 Å². The largest absolute Gasteiger partial charge is 0.326 e. The fraction of sp³-hybridized carbons (Fsp3) is 0.0526. The van der Waals surface area contributed by atoms with E-state index in [4.69, 9.17) is 0 Å². The van der Waals surface area contributed by atoms with Gasteiger partial charge in [-0.05, 0) is 36.4 Å². The van der Waals surface area contributed by atoms with Crippen LogP contribution in [0.4, 0.5) is 15.8 Å². The summed E-state index contributed by atoms with van der Waals surface area (Å²) in [5, 5.41) is 4.96. The van der Waals surface area contributed by atoms with Crippen molar-refractivity contribution in [2.75, 3.05) is 10.6 Å². The van der Waals surface area contributed by atoms with Gasteiger partial charge in [0.25, 0.3) is 0 Å². The number of anilines is 2. The molecule has 2 amide bonds. The van der Waals surface area contributed by atoms with Crippen molar-refractivity contribution in [1.29, 1.82) is 0 Å². The molecule has 0 bridgehead atoms. The molecule has 0 fully saturated rings. The van der Waals surface area contributed by atoms with Gasteiger partial charge in [0.15, 0.2) is 0 Å². The lowest BCUT2D eigenvalue weighted by atomic mass is 10.2. The molecule has 130 valence electrons. The molecule has 3 rings (SSSR count). The maximum absolute atomic E-state index is 13.8. The number of halogens is 1. The third-order valence-electron chi connectivity index (χ3n) is 3.42. The Kier molecular flexibility index (Phi) is 4.98. The molecule has 0 aliphatic heterocycles. The Morgan fingerprint density at radius 2 is 1.85 bits per heavy atom. The lowest BCUT2D eigenvalue weighted by Crippen LogP contribution is -2.11. The van der Waals surface area contributed by atoms with E-state index < -0.39 is 11.7 Å². The second-order valence-electron chi connectivity index (χ2n) is 5.48. The van der Waals surface area contributed by atoms with Crippen LogP contribution in [0.25, 0.3) is 17.1 Å². The molecule has 7 heteroatoms. The Morgan fingerprint density at radius 3 is 2.62 bits per heavy atom. The van der Waals surface area contributed by atoms with Gasteiger partial charge in [-0.15, -0.1) is 0 Å². The monoisotopic (exact) mass is 350 g/mol. The molecule has 0 aliphatic carbocycles. The van der Waals surface area contributed by atoms with Gasteiger partial charge < -0.3 is 10.6 Å². The van der Waals surface area contributed by atoms with Crippen LogP contribution in [0.3, 0.4) is 0 Å². The number of rotatable bonds is 4. The van der Waals surface area contributed by atoms with Crippen molar-refractivity contribution in [3.05, 3.63) is 66.2 Å². The Hall–Kier alpha value is -3.61. The number of para-hydroxylation sites is 2. The van der Waals surface area contributed by atoms with Crippen LogP contribution in [0.1, 0.15) is 12.6 Å². The fourth-order valence-electron chi connectivity index (χ4n) is 2.29. The summed E-state index contributed by atoms with van der Waals surface area (Å²) in [6.45, 7) is 1.34. The Labute approximate surface area is 148 Å². The van der Waals surface area contributed by atoms with Crippen molar-refractivity contribution in [3.8, 4) is 0 Å². The van der Waals surface area contributed by atoms with Gasteiger partial charge in [0, 0.05) is 18.7 Å². The first kappa shape index (κ1) is 17.2. The molecule has 0 radical (unpaired) electrons. The van der Waals surface area contributed by atoms with Crippen LogP contribution in [-0.2, 0) is 9.59 Å². The summed E-state index contributed by atoms with van der Waals surface area (Å²) in [5.74, 6) is -1.42. The molecule has 6 nitrogen and oxygen atoms in total. The lowest BCUT2D eigenvalue weighted by Gasteiger charge is -2.07. The van der Waals surface area contributed by atoms with E-state index in [0.717, 1.165) is 5.52 Å². The summed E-state index contributed by atoms with van der Waals surface area (Å²) in [7, 11) is 0. The van der Waals surface area contributed by atoms with Gasteiger partial charge in [-0.3, -0.25) is 14.6 Å². The number of fused-ring (bicyclic) bond motifs is 1. The smallest absolute Gasteiger partial charge is 0.248 e. The van der Waals surface area contributed by atoms with Gasteiger partial charge in [-0.2, -0.15) is 0 Å². The van der Waals surface area contributed by atoms with Gasteiger partial charge >= 0.3 is 0 Å². The van der Waals surface area contributed by atoms with Crippen molar-refractivity contribution in [2.24, 2.45) is 0 Å². The number of nitrogens with zero attached hydrogens (tertiary/aromatic N) is 2. The number of benzene rings is 2. The maximum Gasteiger partial charge on any atom is 0.248 e. The Bertz CT molecular complexity index is 1020. The van der Waals surface area contributed by atoms with Crippen LogP contribution < -0.4 is 10.6 Å². The van der Waals surface area contributed by atoms with Crippen LogP contribution in [0.2, 0.25) is 0 Å². The number of carbonyl (C=O) groups is 2. The number of amides is 2. The van der Waals surface area contributed by atoms with E-state index in [-0.39, 0.29) is 11.6 Å². The first-order chi connectivity index (χ1) is 12.5. The van der Waals surface area contributed by atoms with Crippen molar-refractivity contribution >= 4 is 40.3 Å². The molecule has 0 unspecified atom stereocenters. The molecule has 0 saturated carbocycles. The molecule has 1 heterocycles.